The monoisotopic (exact) mass is 298 g/mol. The second-order valence-electron chi connectivity index (χ2n) is 6.21. The Morgan fingerprint density at radius 2 is 1.67 bits per heavy atom. The van der Waals surface area contributed by atoms with Crippen molar-refractivity contribution in [3.8, 4) is 0 Å². The lowest BCUT2D eigenvalue weighted by Gasteiger charge is -2.26. The van der Waals surface area contributed by atoms with Crippen LogP contribution in [0.4, 0.5) is 4.79 Å². The van der Waals surface area contributed by atoms with Crippen molar-refractivity contribution < 1.29 is 19.4 Å². The van der Waals surface area contributed by atoms with Crippen LogP contribution in [-0.4, -0.2) is 43.4 Å². The fraction of sp³-hybridized carbons (Fsp3) is 0.867. The summed E-state index contributed by atoms with van der Waals surface area (Å²) in [5.74, 6) is 0.265. The van der Waals surface area contributed by atoms with Crippen molar-refractivity contribution in [2.45, 2.75) is 38.5 Å². The average Bonchev–Trinajstić information content (AvgIpc) is 3.29. The molecule has 0 unspecified atom stereocenters. The van der Waals surface area contributed by atoms with Crippen molar-refractivity contribution in [1.82, 2.24) is 10.6 Å². The van der Waals surface area contributed by atoms with Crippen LogP contribution in [0.15, 0.2) is 0 Å². The van der Waals surface area contributed by atoms with Gasteiger partial charge in [-0.05, 0) is 50.4 Å². The van der Waals surface area contributed by atoms with Crippen molar-refractivity contribution in [2.75, 3.05) is 26.3 Å². The summed E-state index contributed by atoms with van der Waals surface area (Å²) in [6.07, 6.45) is 5.75. The third kappa shape index (κ3) is 6.33. The van der Waals surface area contributed by atoms with Crippen molar-refractivity contribution in [3.05, 3.63) is 0 Å². The van der Waals surface area contributed by atoms with Gasteiger partial charge in [0.25, 0.3) is 0 Å². The number of carboxylic acid groups (broad SMARTS) is 1. The van der Waals surface area contributed by atoms with Crippen molar-refractivity contribution >= 4 is 12.0 Å². The molecule has 2 amide bonds. The fourth-order valence-corrected chi connectivity index (χ4v) is 2.68. The van der Waals surface area contributed by atoms with E-state index in [2.05, 4.69) is 10.6 Å². The van der Waals surface area contributed by atoms with E-state index >= 15 is 0 Å². The van der Waals surface area contributed by atoms with Gasteiger partial charge in [0.2, 0.25) is 0 Å². The Morgan fingerprint density at radius 3 is 2.29 bits per heavy atom. The molecule has 2 aliphatic carbocycles. The molecular weight excluding hydrogens is 272 g/mol. The van der Waals surface area contributed by atoms with Crippen LogP contribution < -0.4 is 10.6 Å². The van der Waals surface area contributed by atoms with Gasteiger partial charge >= 0.3 is 12.0 Å². The number of amides is 2. The molecule has 0 aliphatic heterocycles. The van der Waals surface area contributed by atoms with E-state index in [0.29, 0.717) is 25.6 Å². The normalized spacial score (nSPS) is 25.3. The number of nitrogens with one attached hydrogen (secondary N) is 2. The molecule has 6 nitrogen and oxygen atoms in total. The first kappa shape index (κ1) is 16.1. The maximum absolute atomic E-state index is 11.6. The van der Waals surface area contributed by atoms with Crippen LogP contribution in [0.1, 0.15) is 38.5 Å². The second kappa shape index (κ2) is 8.22. The smallest absolute Gasteiger partial charge is 0.314 e. The highest BCUT2D eigenvalue weighted by molar-refractivity contribution is 5.73. The van der Waals surface area contributed by atoms with Crippen LogP contribution in [0, 0.1) is 17.8 Å². The summed E-state index contributed by atoms with van der Waals surface area (Å²) in [4.78, 5) is 22.4. The lowest BCUT2D eigenvalue weighted by Crippen LogP contribution is -2.40. The van der Waals surface area contributed by atoms with Gasteiger partial charge in [-0.15, -0.1) is 0 Å². The maximum Gasteiger partial charge on any atom is 0.314 e. The van der Waals surface area contributed by atoms with Gasteiger partial charge in [-0.2, -0.15) is 0 Å². The second-order valence-corrected chi connectivity index (χ2v) is 6.21. The third-order valence-electron chi connectivity index (χ3n) is 4.33. The Labute approximate surface area is 125 Å². The number of ether oxygens (including phenoxy) is 1. The highest BCUT2D eigenvalue weighted by atomic mass is 16.5. The summed E-state index contributed by atoms with van der Waals surface area (Å²) in [5, 5.41) is 14.6. The average molecular weight is 298 g/mol. The highest BCUT2D eigenvalue weighted by Crippen LogP contribution is 2.29. The van der Waals surface area contributed by atoms with E-state index in [9.17, 15) is 9.59 Å². The number of urea groups is 1. The molecule has 2 saturated carbocycles. The Kier molecular flexibility index (Phi) is 6.29. The zero-order valence-corrected chi connectivity index (χ0v) is 12.5. The Hall–Kier alpha value is -1.30. The minimum Gasteiger partial charge on any atom is -0.481 e. The number of hydrogen-bond donors (Lipinski definition) is 3. The molecular formula is C15H26N2O4. The number of carbonyl (C=O) groups excluding carboxylic acids is 1. The Balaban J connectivity index is 1.46. The molecule has 0 atom stereocenters. The van der Waals surface area contributed by atoms with E-state index < -0.39 is 5.97 Å². The number of hydrogen-bond acceptors (Lipinski definition) is 3. The van der Waals surface area contributed by atoms with E-state index in [-0.39, 0.29) is 11.9 Å². The fourth-order valence-electron chi connectivity index (χ4n) is 2.68. The van der Waals surface area contributed by atoms with Crippen LogP contribution in [0.25, 0.3) is 0 Å². The summed E-state index contributed by atoms with van der Waals surface area (Å²) >= 11 is 0. The quantitative estimate of drug-likeness (QED) is 0.594. The lowest BCUT2D eigenvalue weighted by molar-refractivity contribution is -0.143. The van der Waals surface area contributed by atoms with Crippen LogP contribution in [0.2, 0.25) is 0 Å². The van der Waals surface area contributed by atoms with Crippen molar-refractivity contribution in [2.24, 2.45) is 17.8 Å². The van der Waals surface area contributed by atoms with Gasteiger partial charge in [0.15, 0.2) is 0 Å². The summed E-state index contributed by atoms with van der Waals surface area (Å²) in [7, 11) is 0. The number of carboxylic acids is 1. The van der Waals surface area contributed by atoms with Crippen LogP contribution >= 0.6 is 0 Å². The molecule has 120 valence electrons. The van der Waals surface area contributed by atoms with Gasteiger partial charge in [-0.25, -0.2) is 4.79 Å². The summed E-state index contributed by atoms with van der Waals surface area (Å²) in [5.41, 5.74) is 0. The molecule has 3 N–H and O–H groups in total. The maximum atomic E-state index is 11.6. The van der Waals surface area contributed by atoms with Gasteiger partial charge in [0.05, 0.1) is 12.5 Å². The molecule has 0 saturated heterocycles. The largest absolute Gasteiger partial charge is 0.481 e. The molecule has 0 aromatic heterocycles. The van der Waals surface area contributed by atoms with Gasteiger partial charge in [0, 0.05) is 19.7 Å². The van der Waals surface area contributed by atoms with Crippen molar-refractivity contribution in [1.29, 1.82) is 0 Å². The molecule has 0 radical (unpaired) electrons. The minimum atomic E-state index is -0.689. The lowest BCUT2D eigenvalue weighted by atomic mass is 9.82. The minimum absolute atomic E-state index is 0.162. The summed E-state index contributed by atoms with van der Waals surface area (Å²) in [6.45, 7) is 2.54. The van der Waals surface area contributed by atoms with Crippen molar-refractivity contribution in [3.63, 3.8) is 0 Å². The predicted octanol–water partition coefficient (Wildman–Crippen LogP) is 1.60. The summed E-state index contributed by atoms with van der Waals surface area (Å²) < 4.78 is 5.44. The zero-order valence-electron chi connectivity index (χ0n) is 12.5. The molecule has 2 rings (SSSR count). The van der Waals surface area contributed by atoms with E-state index in [1.807, 2.05) is 0 Å². The number of rotatable bonds is 8. The number of carbonyl (C=O) groups is 2. The van der Waals surface area contributed by atoms with E-state index in [1.165, 1.54) is 12.8 Å². The van der Waals surface area contributed by atoms with E-state index in [1.54, 1.807) is 0 Å². The number of aliphatic carboxylic acids is 1. The third-order valence-corrected chi connectivity index (χ3v) is 4.33. The first-order chi connectivity index (χ1) is 10.1. The molecule has 6 heteroatoms. The predicted molar refractivity (Wildman–Crippen MR) is 78.0 cm³/mol. The topological polar surface area (TPSA) is 87.7 Å². The molecule has 0 bridgehead atoms. The Bertz CT molecular complexity index is 350. The van der Waals surface area contributed by atoms with Crippen LogP contribution in [0.5, 0.6) is 0 Å². The highest BCUT2D eigenvalue weighted by Gasteiger charge is 2.26. The molecule has 0 aromatic carbocycles. The Morgan fingerprint density at radius 1 is 1.00 bits per heavy atom. The van der Waals surface area contributed by atoms with Gasteiger partial charge in [-0.3, -0.25) is 4.79 Å². The molecule has 21 heavy (non-hydrogen) atoms. The molecule has 0 heterocycles. The SMILES string of the molecule is O=C(NCCOCC1CC1)NCC1CCC(C(=O)O)CC1. The van der Waals surface area contributed by atoms with Gasteiger partial charge in [-0.1, -0.05) is 0 Å². The standard InChI is InChI=1S/C15H26N2O4/c18-14(19)13-5-3-11(4-6-13)9-17-15(20)16-7-8-21-10-12-1-2-12/h11-13H,1-10H2,(H,18,19)(H2,16,17,20). The molecule has 0 spiro atoms. The molecule has 2 fully saturated rings. The zero-order chi connectivity index (χ0) is 15.1. The molecule has 0 aromatic rings. The van der Waals surface area contributed by atoms with Crippen LogP contribution in [0.3, 0.4) is 0 Å². The summed E-state index contributed by atoms with van der Waals surface area (Å²) in [6, 6.07) is -0.162. The molecule has 2 aliphatic rings. The van der Waals surface area contributed by atoms with E-state index in [4.69, 9.17) is 9.84 Å². The van der Waals surface area contributed by atoms with Gasteiger partial charge < -0.3 is 20.5 Å². The first-order valence-corrected chi connectivity index (χ1v) is 7.97. The van der Waals surface area contributed by atoms with E-state index in [0.717, 1.165) is 38.2 Å². The van der Waals surface area contributed by atoms with Crippen LogP contribution in [-0.2, 0) is 9.53 Å². The van der Waals surface area contributed by atoms with Gasteiger partial charge in [0.1, 0.15) is 0 Å². The first-order valence-electron chi connectivity index (χ1n) is 7.97.